The number of hydrogen-bond donors (Lipinski definition) is 1. The molecule has 116 valence electrons. The third kappa shape index (κ3) is 4.02. The third-order valence-corrected chi connectivity index (χ3v) is 3.93. The SMILES string of the molecule is O=C(Nc1ccc(Cl)cc1)[C@H](Cc1ccccc1)n1cccc1. The van der Waals surface area contributed by atoms with Gasteiger partial charge in [0.1, 0.15) is 6.04 Å². The number of nitrogens with one attached hydrogen (secondary N) is 1. The van der Waals surface area contributed by atoms with E-state index in [1.54, 1.807) is 24.3 Å². The Morgan fingerprint density at radius 1 is 0.957 bits per heavy atom. The summed E-state index contributed by atoms with van der Waals surface area (Å²) in [5.74, 6) is -0.0487. The first kappa shape index (κ1) is 15.4. The van der Waals surface area contributed by atoms with E-state index in [-0.39, 0.29) is 11.9 Å². The third-order valence-electron chi connectivity index (χ3n) is 3.67. The maximum absolute atomic E-state index is 12.7. The van der Waals surface area contributed by atoms with Gasteiger partial charge in [-0.05, 0) is 42.0 Å². The van der Waals surface area contributed by atoms with Crippen molar-refractivity contribution in [1.82, 2.24) is 4.57 Å². The van der Waals surface area contributed by atoms with Crippen molar-refractivity contribution in [2.75, 3.05) is 5.32 Å². The molecule has 0 bridgehead atoms. The summed E-state index contributed by atoms with van der Waals surface area (Å²) in [4.78, 5) is 12.7. The Morgan fingerprint density at radius 2 is 1.61 bits per heavy atom. The van der Waals surface area contributed by atoms with Crippen molar-refractivity contribution in [3.63, 3.8) is 0 Å². The van der Waals surface area contributed by atoms with Crippen LogP contribution in [0.5, 0.6) is 0 Å². The van der Waals surface area contributed by atoms with Gasteiger partial charge in [0.15, 0.2) is 0 Å². The summed E-state index contributed by atoms with van der Waals surface area (Å²) in [5, 5.41) is 3.61. The van der Waals surface area contributed by atoms with E-state index in [4.69, 9.17) is 11.6 Å². The highest BCUT2D eigenvalue weighted by atomic mass is 35.5. The molecule has 0 spiro atoms. The largest absolute Gasteiger partial charge is 0.342 e. The molecule has 1 amide bonds. The molecule has 2 aromatic carbocycles. The molecule has 3 nitrogen and oxygen atoms in total. The summed E-state index contributed by atoms with van der Waals surface area (Å²) in [5.41, 5.74) is 1.86. The van der Waals surface area contributed by atoms with Crippen molar-refractivity contribution in [2.45, 2.75) is 12.5 Å². The molecule has 1 N–H and O–H groups in total. The minimum atomic E-state index is -0.303. The maximum atomic E-state index is 12.7. The Balaban J connectivity index is 1.80. The second-order valence-electron chi connectivity index (χ2n) is 5.33. The second-order valence-corrected chi connectivity index (χ2v) is 5.77. The van der Waals surface area contributed by atoms with Crippen LogP contribution in [0.25, 0.3) is 0 Å². The van der Waals surface area contributed by atoms with Crippen LogP contribution in [0.4, 0.5) is 5.69 Å². The van der Waals surface area contributed by atoms with E-state index in [0.717, 1.165) is 11.3 Å². The van der Waals surface area contributed by atoms with Gasteiger partial charge in [-0.2, -0.15) is 0 Å². The molecule has 0 saturated heterocycles. The first-order valence-electron chi connectivity index (χ1n) is 7.45. The van der Waals surface area contributed by atoms with Crippen LogP contribution in [-0.2, 0) is 11.2 Å². The molecule has 1 aromatic heterocycles. The van der Waals surface area contributed by atoms with E-state index in [1.807, 2.05) is 59.4 Å². The standard InChI is InChI=1S/C19H17ClN2O/c20-16-8-10-17(11-9-16)21-19(23)18(22-12-4-5-13-22)14-15-6-2-1-3-7-15/h1-13,18H,14H2,(H,21,23)/t18-/m0/s1. The molecule has 3 rings (SSSR count). The fourth-order valence-electron chi connectivity index (χ4n) is 2.49. The van der Waals surface area contributed by atoms with Gasteiger partial charge in [-0.1, -0.05) is 41.9 Å². The minimum Gasteiger partial charge on any atom is -0.342 e. The lowest BCUT2D eigenvalue weighted by Gasteiger charge is -2.19. The highest BCUT2D eigenvalue weighted by Crippen LogP contribution is 2.19. The predicted molar refractivity (Wildman–Crippen MR) is 93.7 cm³/mol. The van der Waals surface area contributed by atoms with Crippen molar-refractivity contribution >= 4 is 23.2 Å². The van der Waals surface area contributed by atoms with Gasteiger partial charge in [-0.25, -0.2) is 0 Å². The number of benzene rings is 2. The summed E-state index contributed by atoms with van der Waals surface area (Å²) in [6.45, 7) is 0. The van der Waals surface area contributed by atoms with Gasteiger partial charge >= 0.3 is 0 Å². The van der Waals surface area contributed by atoms with Crippen LogP contribution in [-0.4, -0.2) is 10.5 Å². The van der Waals surface area contributed by atoms with Crippen molar-refractivity contribution in [3.05, 3.63) is 89.7 Å². The topological polar surface area (TPSA) is 34.0 Å². The zero-order chi connectivity index (χ0) is 16.1. The highest BCUT2D eigenvalue weighted by Gasteiger charge is 2.20. The number of nitrogens with zero attached hydrogens (tertiary/aromatic N) is 1. The molecular formula is C19H17ClN2O. The lowest BCUT2D eigenvalue weighted by molar-refractivity contribution is -0.119. The van der Waals surface area contributed by atoms with Crippen molar-refractivity contribution in [2.24, 2.45) is 0 Å². The fourth-order valence-corrected chi connectivity index (χ4v) is 2.61. The number of carbonyl (C=O) groups excluding carboxylic acids is 1. The smallest absolute Gasteiger partial charge is 0.247 e. The average Bonchev–Trinajstić information content (AvgIpc) is 3.10. The number of hydrogen-bond acceptors (Lipinski definition) is 1. The van der Waals surface area contributed by atoms with Gasteiger partial charge in [-0.15, -0.1) is 0 Å². The van der Waals surface area contributed by atoms with Crippen molar-refractivity contribution in [3.8, 4) is 0 Å². The van der Waals surface area contributed by atoms with Crippen LogP contribution in [0.15, 0.2) is 79.1 Å². The fraction of sp³-hybridized carbons (Fsp3) is 0.105. The maximum Gasteiger partial charge on any atom is 0.247 e. The van der Waals surface area contributed by atoms with E-state index >= 15 is 0 Å². The molecule has 1 heterocycles. The molecule has 4 heteroatoms. The van der Waals surface area contributed by atoms with Gasteiger partial charge in [0.2, 0.25) is 5.91 Å². The van der Waals surface area contributed by atoms with E-state index in [1.165, 1.54) is 0 Å². The van der Waals surface area contributed by atoms with Gasteiger partial charge in [0, 0.05) is 29.5 Å². The molecule has 0 saturated carbocycles. The van der Waals surface area contributed by atoms with Crippen LogP contribution in [0.3, 0.4) is 0 Å². The number of amides is 1. The average molecular weight is 325 g/mol. The highest BCUT2D eigenvalue weighted by molar-refractivity contribution is 6.30. The monoisotopic (exact) mass is 324 g/mol. The first-order valence-corrected chi connectivity index (χ1v) is 7.83. The van der Waals surface area contributed by atoms with E-state index in [2.05, 4.69) is 5.32 Å². The predicted octanol–water partition coefficient (Wildman–Crippen LogP) is 4.56. The number of anilines is 1. The second kappa shape index (κ2) is 7.16. The Hall–Kier alpha value is -2.52. The summed E-state index contributed by atoms with van der Waals surface area (Å²) in [7, 11) is 0. The minimum absolute atomic E-state index is 0.0487. The number of rotatable bonds is 5. The molecule has 0 fully saturated rings. The Bertz CT molecular complexity index is 752. The lowest BCUT2D eigenvalue weighted by atomic mass is 10.0. The summed E-state index contributed by atoms with van der Waals surface area (Å²) >= 11 is 5.88. The number of aromatic nitrogens is 1. The Morgan fingerprint density at radius 3 is 2.26 bits per heavy atom. The molecule has 0 aliphatic heterocycles. The first-order chi connectivity index (χ1) is 11.2. The number of carbonyl (C=O) groups is 1. The van der Waals surface area contributed by atoms with Crippen LogP contribution in [0, 0.1) is 0 Å². The molecule has 23 heavy (non-hydrogen) atoms. The van der Waals surface area contributed by atoms with Crippen LogP contribution < -0.4 is 5.32 Å². The summed E-state index contributed by atoms with van der Waals surface area (Å²) < 4.78 is 1.93. The van der Waals surface area contributed by atoms with Crippen LogP contribution in [0.2, 0.25) is 5.02 Å². The summed E-state index contributed by atoms with van der Waals surface area (Å²) in [6, 6.07) is 20.7. The van der Waals surface area contributed by atoms with Gasteiger partial charge in [0.05, 0.1) is 0 Å². The molecule has 0 aliphatic carbocycles. The molecule has 3 aromatic rings. The molecule has 0 aliphatic rings. The van der Waals surface area contributed by atoms with Crippen LogP contribution >= 0.6 is 11.6 Å². The molecular weight excluding hydrogens is 308 g/mol. The van der Waals surface area contributed by atoms with Crippen molar-refractivity contribution in [1.29, 1.82) is 0 Å². The van der Waals surface area contributed by atoms with E-state index in [9.17, 15) is 4.79 Å². The zero-order valence-corrected chi connectivity index (χ0v) is 13.3. The van der Waals surface area contributed by atoms with Crippen LogP contribution in [0.1, 0.15) is 11.6 Å². The molecule has 0 radical (unpaired) electrons. The normalized spacial score (nSPS) is 11.9. The van der Waals surface area contributed by atoms with Gasteiger partial charge in [0.25, 0.3) is 0 Å². The molecule has 0 unspecified atom stereocenters. The Labute approximate surface area is 140 Å². The van der Waals surface area contributed by atoms with E-state index < -0.39 is 0 Å². The van der Waals surface area contributed by atoms with Gasteiger partial charge < -0.3 is 9.88 Å². The summed E-state index contributed by atoms with van der Waals surface area (Å²) in [6.07, 6.45) is 4.46. The Kier molecular flexibility index (Phi) is 4.79. The van der Waals surface area contributed by atoms with E-state index in [0.29, 0.717) is 11.4 Å². The van der Waals surface area contributed by atoms with Crippen molar-refractivity contribution < 1.29 is 4.79 Å². The quantitative estimate of drug-likeness (QED) is 0.733. The molecule has 1 atom stereocenters. The zero-order valence-electron chi connectivity index (χ0n) is 12.5. The van der Waals surface area contributed by atoms with Gasteiger partial charge in [-0.3, -0.25) is 4.79 Å². The lowest BCUT2D eigenvalue weighted by Crippen LogP contribution is -2.27. The number of halogens is 1.